The third-order valence-corrected chi connectivity index (χ3v) is 8.37. The Hall–Kier alpha value is -2.97. The summed E-state index contributed by atoms with van der Waals surface area (Å²) in [6, 6.07) is 17.5. The number of aromatic amines is 1. The molecule has 2 aromatic carbocycles. The van der Waals surface area contributed by atoms with Crippen LogP contribution >= 0.6 is 11.6 Å². The molecule has 7 nitrogen and oxygen atoms in total. The van der Waals surface area contributed by atoms with Gasteiger partial charge in [0.15, 0.2) is 0 Å². The van der Waals surface area contributed by atoms with Gasteiger partial charge in [-0.15, -0.1) is 0 Å². The van der Waals surface area contributed by atoms with Gasteiger partial charge in [0.2, 0.25) is 5.95 Å². The third kappa shape index (κ3) is 5.16. The molecular formula is C30H35ClN6O. The lowest BCUT2D eigenvalue weighted by molar-refractivity contribution is 0.0148. The van der Waals surface area contributed by atoms with Crippen LogP contribution < -0.4 is 5.32 Å². The summed E-state index contributed by atoms with van der Waals surface area (Å²) < 4.78 is 0. The minimum atomic E-state index is -0.149. The highest BCUT2D eigenvalue weighted by molar-refractivity contribution is 6.33. The van der Waals surface area contributed by atoms with Crippen molar-refractivity contribution in [3.8, 4) is 11.3 Å². The van der Waals surface area contributed by atoms with Crippen LogP contribution in [-0.4, -0.2) is 74.2 Å². The minimum absolute atomic E-state index is 0.149. The topological polar surface area (TPSA) is 80.3 Å². The number of nitrogens with zero attached hydrogens (tertiary/aromatic N) is 4. The molecule has 2 aromatic heterocycles. The van der Waals surface area contributed by atoms with Crippen LogP contribution in [0.1, 0.15) is 37.3 Å². The molecule has 0 bridgehead atoms. The summed E-state index contributed by atoms with van der Waals surface area (Å²) in [6.45, 7) is 9.40. The number of aromatic nitrogens is 3. The van der Waals surface area contributed by atoms with Crippen molar-refractivity contribution in [2.45, 2.75) is 44.3 Å². The number of nitrogens with one attached hydrogen (secondary N) is 2. The number of halogens is 1. The van der Waals surface area contributed by atoms with Gasteiger partial charge in [-0.25, -0.2) is 9.97 Å². The van der Waals surface area contributed by atoms with Crippen LogP contribution in [0.4, 0.5) is 5.95 Å². The Kier molecular flexibility index (Phi) is 6.86. The molecule has 1 saturated carbocycles. The van der Waals surface area contributed by atoms with Gasteiger partial charge < -0.3 is 15.4 Å². The third-order valence-electron chi connectivity index (χ3n) is 8.09. The highest BCUT2D eigenvalue weighted by Gasteiger charge is 2.39. The second-order valence-corrected chi connectivity index (χ2v) is 11.6. The Balaban J connectivity index is 1.09. The molecule has 2 unspecified atom stereocenters. The standard InChI is InChI=1S/C30H35ClN6O/c1-30(2,19-38)37-12-10-36(11-13-37)18-20-6-5-7-21(14-20)23-15-27(23)34-29-33-17-25(31)28(35-29)24-16-32-26-9-4-3-8-22(24)26/h3-9,14,16-17,23,27,32,38H,10-13,15,18-19H2,1-2H3,(H,33,34,35). The first-order valence-electron chi connectivity index (χ1n) is 13.4. The summed E-state index contributed by atoms with van der Waals surface area (Å²) >= 11 is 6.52. The summed E-state index contributed by atoms with van der Waals surface area (Å²) in [5.74, 6) is 1.06. The van der Waals surface area contributed by atoms with Crippen LogP contribution in [0.15, 0.2) is 60.9 Å². The predicted octanol–water partition coefficient (Wildman–Crippen LogP) is 5.13. The first-order valence-corrected chi connectivity index (χ1v) is 13.8. The highest BCUT2D eigenvalue weighted by Crippen LogP contribution is 2.43. The molecule has 38 heavy (non-hydrogen) atoms. The van der Waals surface area contributed by atoms with Gasteiger partial charge in [0.25, 0.3) is 0 Å². The number of hydrogen-bond donors (Lipinski definition) is 3. The van der Waals surface area contributed by atoms with Crippen molar-refractivity contribution < 1.29 is 5.11 Å². The normalized spacial score (nSPS) is 20.6. The molecule has 198 valence electrons. The fraction of sp³-hybridized carbons (Fsp3) is 0.400. The molecule has 1 aliphatic carbocycles. The highest BCUT2D eigenvalue weighted by atomic mass is 35.5. The van der Waals surface area contributed by atoms with Crippen LogP contribution in [0.5, 0.6) is 0 Å². The van der Waals surface area contributed by atoms with Crippen molar-refractivity contribution in [2.75, 3.05) is 38.1 Å². The molecule has 2 aliphatic rings. The number of aliphatic hydroxyl groups is 1. The lowest BCUT2D eigenvalue weighted by atomic mass is 10.0. The van der Waals surface area contributed by atoms with E-state index in [9.17, 15) is 5.11 Å². The summed E-state index contributed by atoms with van der Waals surface area (Å²) in [5.41, 5.74) is 5.35. The molecule has 0 radical (unpaired) electrons. The Morgan fingerprint density at radius 3 is 2.74 bits per heavy atom. The van der Waals surface area contributed by atoms with Crippen molar-refractivity contribution >= 4 is 28.5 Å². The number of aliphatic hydroxyl groups excluding tert-OH is 1. The number of hydrogen-bond acceptors (Lipinski definition) is 6. The summed E-state index contributed by atoms with van der Waals surface area (Å²) in [7, 11) is 0. The zero-order valence-corrected chi connectivity index (χ0v) is 22.7. The molecule has 6 rings (SSSR count). The smallest absolute Gasteiger partial charge is 0.223 e. The molecule has 1 aliphatic heterocycles. The number of piperazine rings is 1. The number of H-pyrrole nitrogens is 1. The zero-order chi connectivity index (χ0) is 26.3. The number of rotatable bonds is 8. The van der Waals surface area contributed by atoms with Gasteiger partial charge in [-0.2, -0.15) is 0 Å². The summed E-state index contributed by atoms with van der Waals surface area (Å²) in [6.07, 6.45) is 4.71. The fourth-order valence-electron chi connectivity index (χ4n) is 5.57. The molecule has 2 fully saturated rings. The molecule has 3 heterocycles. The second-order valence-electron chi connectivity index (χ2n) is 11.2. The fourth-order valence-corrected chi connectivity index (χ4v) is 5.77. The summed E-state index contributed by atoms with van der Waals surface area (Å²) in [4.78, 5) is 17.5. The maximum atomic E-state index is 9.68. The van der Waals surface area contributed by atoms with E-state index in [-0.39, 0.29) is 12.1 Å². The zero-order valence-electron chi connectivity index (χ0n) is 22.0. The van der Waals surface area contributed by atoms with Crippen LogP contribution in [-0.2, 0) is 6.54 Å². The Labute approximate surface area is 228 Å². The molecule has 4 aromatic rings. The van der Waals surface area contributed by atoms with Gasteiger partial charge >= 0.3 is 0 Å². The largest absolute Gasteiger partial charge is 0.394 e. The number of anilines is 1. The number of benzene rings is 2. The van der Waals surface area contributed by atoms with Crippen LogP contribution in [0.3, 0.4) is 0 Å². The van der Waals surface area contributed by atoms with E-state index in [1.54, 1.807) is 6.20 Å². The quantitative estimate of drug-likeness (QED) is 0.293. The van der Waals surface area contributed by atoms with Crippen LogP contribution in [0, 0.1) is 0 Å². The SMILES string of the molecule is CC(C)(CO)N1CCN(Cc2cccc(C3CC3Nc3ncc(Cl)c(-c4c[nH]c5ccccc45)n3)c2)CC1. The molecule has 3 N–H and O–H groups in total. The van der Waals surface area contributed by atoms with Crippen molar-refractivity contribution in [3.63, 3.8) is 0 Å². The Morgan fingerprint density at radius 2 is 1.92 bits per heavy atom. The van der Waals surface area contributed by atoms with Gasteiger partial charge in [0.05, 0.1) is 23.5 Å². The van der Waals surface area contributed by atoms with Gasteiger partial charge in [-0.3, -0.25) is 9.80 Å². The summed E-state index contributed by atoms with van der Waals surface area (Å²) in [5, 5.41) is 14.9. The van der Waals surface area contributed by atoms with Gasteiger partial charge in [0.1, 0.15) is 0 Å². The lowest BCUT2D eigenvalue weighted by Gasteiger charge is -2.43. The second kappa shape index (κ2) is 10.3. The maximum absolute atomic E-state index is 9.68. The van der Waals surface area contributed by atoms with Crippen molar-refractivity contribution in [1.82, 2.24) is 24.8 Å². The van der Waals surface area contributed by atoms with E-state index in [2.05, 4.69) is 69.3 Å². The maximum Gasteiger partial charge on any atom is 0.223 e. The number of para-hydroxylation sites is 1. The molecule has 0 amide bonds. The van der Waals surface area contributed by atoms with E-state index >= 15 is 0 Å². The Bertz CT molecular complexity index is 1430. The molecule has 0 spiro atoms. The van der Waals surface area contributed by atoms with Crippen molar-refractivity contribution in [3.05, 3.63) is 77.1 Å². The van der Waals surface area contributed by atoms with Crippen molar-refractivity contribution in [2.24, 2.45) is 0 Å². The van der Waals surface area contributed by atoms with E-state index in [0.29, 0.717) is 22.9 Å². The number of fused-ring (bicyclic) bond motifs is 1. The van der Waals surface area contributed by atoms with Gasteiger partial charge in [-0.05, 0) is 37.5 Å². The minimum Gasteiger partial charge on any atom is -0.394 e. The monoisotopic (exact) mass is 530 g/mol. The van der Waals surface area contributed by atoms with E-state index in [1.165, 1.54) is 11.1 Å². The lowest BCUT2D eigenvalue weighted by Crippen LogP contribution is -2.55. The molecule has 1 saturated heterocycles. The first-order chi connectivity index (χ1) is 18.4. The molecule has 8 heteroatoms. The van der Waals surface area contributed by atoms with Crippen LogP contribution in [0.2, 0.25) is 5.02 Å². The predicted molar refractivity (Wildman–Crippen MR) is 154 cm³/mol. The van der Waals surface area contributed by atoms with Gasteiger partial charge in [0, 0.05) is 72.9 Å². The average Bonchev–Trinajstić information content (AvgIpc) is 3.57. The van der Waals surface area contributed by atoms with E-state index in [1.807, 2.05) is 24.4 Å². The average molecular weight is 531 g/mol. The Morgan fingerprint density at radius 1 is 1.11 bits per heavy atom. The van der Waals surface area contributed by atoms with Crippen LogP contribution in [0.25, 0.3) is 22.2 Å². The molecular weight excluding hydrogens is 496 g/mol. The first kappa shape index (κ1) is 25.3. The van der Waals surface area contributed by atoms with Gasteiger partial charge in [-0.1, -0.05) is 54.1 Å². The molecule has 2 atom stereocenters. The van der Waals surface area contributed by atoms with E-state index < -0.39 is 0 Å². The van der Waals surface area contributed by atoms with Crippen molar-refractivity contribution in [1.29, 1.82) is 0 Å². The van der Waals surface area contributed by atoms with E-state index in [4.69, 9.17) is 16.6 Å². The van der Waals surface area contributed by atoms with E-state index in [0.717, 1.165) is 61.3 Å².